The minimum atomic E-state index is -0.446. The Morgan fingerprint density at radius 1 is 1.36 bits per heavy atom. The van der Waals surface area contributed by atoms with Crippen molar-refractivity contribution in [2.24, 2.45) is 0 Å². The smallest absolute Gasteiger partial charge is 0.277 e. The van der Waals surface area contributed by atoms with Crippen molar-refractivity contribution in [2.75, 3.05) is 5.32 Å². The first-order chi connectivity index (χ1) is 12.1. The highest BCUT2D eigenvalue weighted by molar-refractivity contribution is 8.00. The van der Waals surface area contributed by atoms with Crippen LogP contribution in [0.2, 0.25) is 0 Å². The second-order valence-corrected chi connectivity index (χ2v) is 7.42. The highest BCUT2D eigenvalue weighted by atomic mass is 32.2. The van der Waals surface area contributed by atoms with E-state index in [2.05, 4.69) is 15.5 Å². The largest absolute Gasteiger partial charge is 0.411 e. The van der Waals surface area contributed by atoms with Gasteiger partial charge in [0.25, 0.3) is 5.22 Å². The molecule has 2 aromatic heterocycles. The molecule has 0 aliphatic rings. The van der Waals surface area contributed by atoms with Crippen molar-refractivity contribution in [3.05, 3.63) is 46.8 Å². The summed E-state index contributed by atoms with van der Waals surface area (Å²) < 4.78 is 5.66. The summed E-state index contributed by atoms with van der Waals surface area (Å²) >= 11 is 2.49. The lowest BCUT2D eigenvalue weighted by Gasteiger charge is -2.08. The van der Waals surface area contributed by atoms with E-state index in [9.17, 15) is 4.79 Å². The van der Waals surface area contributed by atoms with Crippen LogP contribution in [0.1, 0.15) is 18.1 Å². The van der Waals surface area contributed by atoms with E-state index in [0.717, 1.165) is 11.1 Å². The van der Waals surface area contributed by atoms with Crippen molar-refractivity contribution < 1.29 is 9.21 Å². The van der Waals surface area contributed by atoms with Gasteiger partial charge in [-0.05, 0) is 36.9 Å². The number of thiophene rings is 1. The molecule has 0 fully saturated rings. The molecular weight excluding hydrogens is 356 g/mol. The molecule has 0 spiro atoms. The zero-order valence-corrected chi connectivity index (χ0v) is 15.1. The standard InChI is InChI=1S/C17H14N4O2S2/c1-10-5-3-4-6-13(10)15-20-21-17(23-15)25-11(2)14(22)19-16-12(9-18)7-8-24-16/h3-8,11H,1-2H3,(H,19,22)/t11-/m1/s1. The predicted octanol–water partition coefficient (Wildman–Crippen LogP) is 4.10. The number of carbonyl (C=O) groups is 1. The number of anilines is 1. The van der Waals surface area contributed by atoms with E-state index in [1.165, 1.54) is 23.1 Å². The molecule has 2 heterocycles. The molecule has 126 valence electrons. The number of nitrogens with one attached hydrogen (secondary N) is 1. The summed E-state index contributed by atoms with van der Waals surface area (Å²) in [6.45, 7) is 3.72. The van der Waals surface area contributed by atoms with Crippen molar-refractivity contribution in [2.45, 2.75) is 24.3 Å². The van der Waals surface area contributed by atoms with E-state index < -0.39 is 5.25 Å². The molecule has 3 rings (SSSR count). The molecule has 0 bridgehead atoms. The molecule has 0 unspecified atom stereocenters. The molecule has 1 amide bonds. The number of nitriles is 1. The summed E-state index contributed by atoms with van der Waals surface area (Å²) in [5.74, 6) is 0.206. The fourth-order valence-electron chi connectivity index (χ4n) is 2.09. The highest BCUT2D eigenvalue weighted by Gasteiger charge is 2.20. The number of aromatic nitrogens is 2. The number of rotatable bonds is 5. The maximum Gasteiger partial charge on any atom is 0.277 e. The first-order valence-electron chi connectivity index (χ1n) is 7.43. The molecule has 0 radical (unpaired) electrons. The van der Waals surface area contributed by atoms with E-state index in [-0.39, 0.29) is 5.91 Å². The van der Waals surface area contributed by atoms with Crippen molar-refractivity contribution in [3.8, 4) is 17.5 Å². The normalized spacial score (nSPS) is 11.7. The minimum absolute atomic E-state index is 0.223. The van der Waals surface area contributed by atoms with E-state index in [1.54, 1.807) is 18.4 Å². The van der Waals surface area contributed by atoms with Crippen LogP contribution in [-0.2, 0) is 4.79 Å². The Bertz CT molecular complexity index is 942. The third kappa shape index (κ3) is 3.90. The van der Waals surface area contributed by atoms with Crippen LogP contribution in [0.3, 0.4) is 0 Å². The number of benzene rings is 1. The number of thioether (sulfide) groups is 1. The van der Waals surface area contributed by atoms with Crippen molar-refractivity contribution >= 4 is 34.0 Å². The maximum atomic E-state index is 12.3. The van der Waals surface area contributed by atoms with Crippen LogP contribution in [0, 0.1) is 18.3 Å². The Morgan fingerprint density at radius 3 is 2.92 bits per heavy atom. The Balaban J connectivity index is 1.67. The van der Waals surface area contributed by atoms with Crippen LogP contribution in [0.25, 0.3) is 11.5 Å². The van der Waals surface area contributed by atoms with Gasteiger partial charge in [-0.25, -0.2) is 0 Å². The SMILES string of the molecule is Cc1ccccc1-c1nnc(S[C@H](C)C(=O)Nc2sccc2C#N)o1. The predicted molar refractivity (Wildman–Crippen MR) is 97.5 cm³/mol. The zero-order valence-electron chi connectivity index (χ0n) is 13.5. The van der Waals surface area contributed by atoms with Crippen LogP contribution < -0.4 is 5.32 Å². The number of amides is 1. The number of nitrogens with zero attached hydrogens (tertiary/aromatic N) is 3. The van der Waals surface area contributed by atoms with Gasteiger partial charge in [-0.2, -0.15) is 5.26 Å². The highest BCUT2D eigenvalue weighted by Crippen LogP contribution is 2.29. The minimum Gasteiger partial charge on any atom is -0.411 e. The molecule has 1 N–H and O–H groups in total. The van der Waals surface area contributed by atoms with Crippen molar-refractivity contribution in [1.29, 1.82) is 5.26 Å². The Kier molecular flexibility index (Phi) is 5.16. The second kappa shape index (κ2) is 7.51. The van der Waals surface area contributed by atoms with Crippen molar-refractivity contribution in [1.82, 2.24) is 10.2 Å². The summed E-state index contributed by atoms with van der Waals surface area (Å²) in [7, 11) is 0. The number of hydrogen-bond acceptors (Lipinski definition) is 7. The molecule has 1 aromatic carbocycles. The fourth-order valence-corrected chi connectivity index (χ4v) is 3.52. The summed E-state index contributed by atoms with van der Waals surface area (Å²) in [5, 5.41) is 22.0. The van der Waals surface area contributed by atoms with Crippen LogP contribution in [0.5, 0.6) is 0 Å². The summed E-state index contributed by atoms with van der Waals surface area (Å²) in [6.07, 6.45) is 0. The van der Waals surface area contributed by atoms with Gasteiger partial charge in [0.2, 0.25) is 11.8 Å². The van der Waals surface area contributed by atoms with E-state index >= 15 is 0 Å². The van der Waals surface area contributed by atoms with Crippen LogP contribution in [0.15, 0.2) is 45.4 Å². The summed E-state index contributed by atoms with van der Waals surface area (Å²) in [5.41, 5.74) is 2.36. The molecule has 0 aliphatic carbocycles. The van der Waals surface area contributed by atoms with Gasteiger partial charge in [0.05, 0.1) is 10.8 Å². The summed E-state index contributed by atoms with van der Waals surface area (Å²) in [6, 6.07) is 11.4. The van der Waals surface area contributed by atoms with E-state index in [0.29, 0.717) is 21.7 Å². The number of carbonyl (C=O) groups excluding carboxylic acids is 1. The van der Waals surface area contributed by atoms with Gasteiger partial charge < -0.3 is 9.73 Å². The average Bonchev–Trinajstić information content (AvgIpc) is 3.24. The van der Waals surface area contributed by atoms with Crippen LogP contribution >= 0.6 is 23.1 Å². The molecular formula is C17H14N4O2S2. The zero-order chi connectivity index (χ0) is 17.8. The molecule has 3 aromatic rings. The molecule has 25 heavy (non-hydrogen) atoms. The first-order valence-corrected chi connectivity index (χ1v) is 9.19. The molecule has 0 aliphatic heterocycles. The number of aryl methyl sites for hydroxylation is 1. The Morgan fingerprint density at radius 2 is 2.16 bits per heavy atom. The molecule has 0 saturated heterocycles. The molecule has 0 saturated carbocycles. The third-order valence-electron chi connectivity index (χ3n) is 3.45. The number of hydrogen-bond donors (Lipinski definition) is 1. The van der Waals surface area contributed by atoms with Gasteiger partial charge in [0.1, 0.15) is 11.1 Å². The quantitative estimate of drug-likeness (QED) is 0.680. The Hall–Kier alpha value is -2.63. The monoisotopic (exact) mass is 370 g/mol. The molecule has 1 atom stereocenters. The van der Waals surface area contributed by atoms with Crippen LogP contribution in [-0.4, -0.2) is 21.4 Å². The maximum absolute atomic E-state index is 12.3. The van der Waals surface area contributed by atoms with Gasteiger partial charge in [0, 0.05) is 5.56 Å². The first kappa shape index (κ1) is 17.2. The second-order valence-electron chi connectivity index (χ2n) is 5.21. The van der Waals surface area contributed by atoms with Gasteiger partial charge in [0.15, 0.2) is 0 Å². The lowest BCUT2D eigenvalue weighted by molar-refractivity contribution is -0.115. The van der Waals surface area contributed by atoms with Gasteiger partial charge >= 0.3 is 0 Å². The van der Waals surface area contributed by atoms with Crippen molar-refractivity contribution in [3.63, 3.8) is 0 Å². The van der Waals surface area contributed by atoms with Gasteiger partial charge in [-0.1, -0.05) is 30.0 Å². The molecule has 8 heteroatoms. The lowest BCUT2D eigenvalue weighted by atomic mass is 10.1. The fraction of sp³-hybridized carbons (Fsp3) is 0.176. The summed E-state index contributed by atoms with van der Waals surface area (Å²) in [4.78, 5) is 12.3. The lowest BCUT2D eigenvalue weighted by Crippen LogP contribution is -2.22. The van der Waals surface area contributed by atoms with E-state index in [4.69, 9.17) is 9.68 Å². The topological polar surface area (TPSA) is 91.8 Å². The molecule has 6 nitrogen and oxygen atoms in total. The van der Waals surface area contributed by atoms with Crippen LogP contribution in [0.4, 0.5) is 5.00 Å². The third-order valence-corrected chi connectivity index (χ3v) is 5.22. The average molecular weight is 370 g/mol. The van der Waals surface area contributed by atoms with E-state index in [1.807, 2.05) is 37.3 Å². The van der Waals surface area contributed by atoms with Gasteiger partial charge in [-0.3, -0.25) is 4.79 Å². The van der Waals surface area contributed by atoms with Gasteiger partial charge in [-0.15, -0.1) is 21.5 Å². The Labute approximate surface area is 152 Å².